The van der Waals surface area contributed by atoms with Crippen LogP contribution in [0, 0.1) is 0 Å². The number of nitrogen functional groups attached to an aromatic ring is 1. The highest BCUT2D eigenvalue weighted by atomic mass is 35.5. The number of hydrogen-bond donors (Lipinski definition) is 2. The molecule has 0 spiro atoms. The molecule has 94 valence electrons. The zero-order valence-corrected chi connectivity index (χ0v) is 10.6. The second kappa shape index (κ2) is 4.70. The summed E-state index contributed by atoms with van der Waals surface area (Å²) in [6.45, 7) is 0. The van der Waals surface area contributed by atoms with Crippen LogP contribution in [0.3, 0.4) is 0 Å². The maximum absolute atomic E-state index is 5.85. The number of halogens is 1. The van der Waals surface area contributed by atoms with Gasteiger partial charge in [0.25, 0.3) is 0 Å². The fourth-order valence-electron chi connectivity index (χ4n) is 1.76. The molecule has 0 unspecified atom stereocenters. The first-order valence-corrected chi connectivity index (χ1v) is 6.00. The summed E-state index contributed by atoms with van der Waals surface area (Å²) in [7, 11) is 0. The number of pyridine rings is 1. The van der Waals surface area contributed by atoms with Crippen molar-refractivity contribution in [3.63, 3.8) is 0 Å². The summed E-state index contributed by atoms with van der Waals surface area (Å²) < 4.78 is 0. The molecule has 0 aliphatic heterocycles. The largest absolute Gasteiger partial charge is 0.384 e. The molecule has 0 bridgehead atoms. The van der Waals surface area contributed by atoms with Gasteiger partial charge < -0.3 is 11.1 Å². The molecule has 3 N–H and O–H groups in total. The van der Waals surface area contributed by atoms with Gasteiger partial charge in [-0.2, -0.15) is 0 Å². The highest BCUT2D eigenvalue weighted by Gasteiger charge is 2.06. The van der Waals surface area contributed by atoms with Crippen LogP contribution in [0.25, 0.3) is 11.2 Å². The second-order valence-electron chi connectivity index (χ2n) is 3.96. The topological polar surface area (TPSA) is 76.7 Å². The molecule has 2 heterocycles. The third-order valence-corrected chi connectivity index (χ3v) is 2.84. The van der Waals surface area contributed by atoms with E-state index in [1.165, 1.54) is 0 Å². The van der Waals surface area contributed by atoms with Gasteiger partial charge in [0.1, 0.15) is 11.3 Å². The van der Waals surface area contributed by atoms with Gasteiger partial charge >= 0.3 is 0 Å². The number of fused-ring (bicyclic) bond motifs is 1. The van der Waals surface area contributed by atoms with Gasteiger partial charge in [-0.25, -0.2) is 15.0 Å². The molecule has 0 amide bonds. The van der Waals surface area contributed by atoms with Gasteiger partial charge in [-0.05, 0) is 24.3 Å². The SMILES string of the molecule is Nc1cc(Nc2ccc(Cl)cc2)c2nccnc2n1. The van der Waals surface area contributed by atoms with Crippen LogP contribution >= 0.6 is 11.6 Å². The minimum absolute atomic E-state index is 0.393. The van der Waals surface area contributed by atoms with E-state index in [4.69, 9.17) is 17.3 Å². The molecule has 0 aliphatic carbocycles. The van der Waals surface area contributed by atoms with Crippen LogP contribution in [0.15, 0.2) is 42.7 Å². The van der Waals surface area contributed by atoms with Crippen molar-refractivity contribution in [2.75, 3.05) is 11.1 Å². The molecule has 0 saturated carbocycles. The van der Waals surface area contributed by atoms with Crippen molar-refractivity contribution in [2.45, 2.75) is 0 Å². The summed E-state index contributed by atoms with van der Waals surface area (Å²) in [6.07, 6.45) is 3.20. The smallest absolute Gasteiger partial charge is 0.182 e. The predicted molar refractivity (Wildman–Crippen MR) is 76.5 cm³/mol. The fraction of sp³-hybridized carbons (Fsp3) is 0. The Kier molecular flexibility index (Phi) is 2.89. The first-order valence-electron chi connectivity index (χ1n) is 5.62. The molecule has 3 rings (SSSR count). The van der Waals surface area contributed by atoms with Crippen molar-refractivity contribution in [3.8, 4) is 0 Å². The molecule has 0 radical (unpaired) electrons. The van der Waals surface area contributed by atoms with E-state index in [0.717, 1.165) is 11.4 Å². The Morgan fingerprint density at radius 1 is 1.05 bits per heavy atom. The van der Waals surface area contributed by atoms with Crippen LogP contribution in [-0.2, 0) is 0 Å². The average Bonchev–Trinajstić information content (AvgIpc) is 2.41. The van der Waals surface area contributed by atoms with Crippen LogP contribution in [0.4, 0.5) is 17.2 Å². The standard InChI is InChI=1S/C13H10ClN5/c14-8-1-3-9(4-2-8)18-10-7-11(15)19-13-12(10)16-5-6-17-13/h1-7H,(H3,15,17,18,19). The summed E-state index contributed by atoms with van der Waals surface area (Å²) in [6, 6.07) is 9.10. The molecule has 0 aliphatic rings. The van der Waals surface area contributed by atoms with Crippen molar-refractivity contribution in [1.29, 1.82) is 0 Å². The third kappa shape index (κ3) is 2.41. The summed E-state index contributed by atoms with van der Waals surface area (Å²) in [5.41, 5.74) is 8.60. The predicted octanol–water partition coefficient (Wildman–Crippen LogP) is 3.00. The number of rotatable bonds is 2. The van der Waals surface area contributed by atoms with E-state index in [0.29, 0.717) is 22.0 Å². The lowest BCUT2D eigenvalue weighted by atomic mass is 10.2. The average molecular weight is 272 g/mol. The number of nitrogens with one attached hydrogen (secondary N) is 1. The number of nitrogens with zero attached hydrogens (tertiary/aromatic N) is 3. The molecule has 5 nitrogen and oxygen atoms in total. The van der Waals surface area contributed by atoms with Crippen molar-refractivity contribution in [3.05, 3.63) is 47.7 Å². The van der Waals surface area contributed by atoms with Gasteiger partial charge in [0.15, 0.2) is 5.65 Å². The Bertz CT molecular complexity index is 727. The molecule has 0 fully saturated rings. The fourth-order valence-corrected chi connectivity index (χ4v) is 1.88. The van der Waals surface area contributed by atoms with E-state index >= 15 is 0 Å². The number of benzene rings is 1. The molecule has 2 aromatic heterocycles. The second-order valence-corrected chi connectivity index (χ2v) is 4.39. The van der Waals surface area contributed by atoms with Gasteiger partial charge in [-0.1, -0.05) is 11.6 Å². The normalized spacial score (nSPS) is 10.6. The van der Waals surface area contributed by atoms with E-state index in [2.05, 4.69) is 20.3 Å². The summed E-state index contributed by atoms with van der Waals surface area (Å²) >= 11 is 5.85. The van der Waals surface area contributed by atoms with E-state index in [9.17, 15) is 0 Å². The van der Waals surface area contributed by atoms with Crippen molar-refractivity contribution in [1.82, 2.24) is 15.0 Å². The number of hydrogen-bond acceptors (Lipinski definition) is 5. The van der Waals surface area contributed by atoms with Gasteiger partial charge in [0, 0.05) is 29.2 Å². The van der Waals surface area contributed by atoms with Gasteiger partial charge in [-0.3, -0.25) is 0 Å². The third-order valence-electron chi connectivity index (χ3n) is 2.58. The zero-order valence-electron chi connectivity index (χ0n) is 9.84. The minimum Gasteiger partial charge on any atom is -0.384 e. The van der Waals surface area contributed by atoms with E-state index in [1.807, 2.05) is 24.3 Å². The molecule has 3 aromatic rings. The Labute approximate surface area is 114 Å². The van der Waals surface area contributed by atoms with Crippen LogP contribution in [0.2, 0.25) is 5.02 Å². The molecule has 6 heteroatoms. The maximum Gasteiger partial charge on any atom is 0.182 e. The lowest BCUT2D eigenvalue weighted by Gasteiger charge is -2.09. The number of aromatic nitrogens is 3. The lowest BCUT2D eigenvalue weighted by Crippen LogP contribution is -1.99. The van der Waals surface area contributed by atoms with E-state index in [-0.39, 0.29) is 0 Å². The van der Waals surface area contributed by atoms with E-state index in [1.54, 1.807) is 18.5 Å². The van der Waals surface area contributed by atoms with Crippen molar-refractivity contribution >= 4 is 40.0 Å². The molecular weight excluding hydrogens is 262 g/mol. The van der Waals surface area contributed by atoms with Crippen molar-refractivity contribution < 1.29 is 0 Å². The van der Waals surface area contributed by atoms with Gasteiger partial charge in [0.05, 0.1) is 5.69 Å². The Balaban J connectivity index is 2.07. The maximum atomic E-state index is 5.85. The van der Waals surface area contributed by atoms with Crippen LogP contribution in [0.5, 0.6) is 0 Å². The van der Waals surface area contributed by atoms with Crippen LogP contribution in [0.1, 0.15) is 0 Å². The van der Waals surface area contributed by atoms with E-state index < -0.39 is 0 Å². The molecule has 19 heavy (non-hydrogen) atoms. The highest BCUT2D eigenvalue weighted by molar-refractivity contribution is 6.30. The molecule has 0 saturated heterocycles. The Morgan fingerprint density at radius 3 is 2.58 bits per heavy atom. The highest BCUT2D eigenvalue weighted by Crippen LogP contribution is 2.25. The zero-order chi connectivity index (χ0) is 13.2. The van der Waals surface area contributed by atoms with Crippen LogP contribution in [-0.4, -0.2) is 15.0 Å². The molecular formula is C13H10ClN5. The number of nitrogens with two attached hydrogens (primary N) is 1. The lowest BCUT2D eigenvalue weighted by molar-refractivity contribution is 1.23. The van der Waals surface area contributed by atoms with Crippen LogP contribution < -0.4 is 11.1 Å². The summed E-state index contributed by atoms with van der Waals surface area (Å²) in [4.78, 5) is 12.5. The summed E-state index contributed by atoms with van der Waals surface area (Å²) in [5, 5.41) is 3.92. The summed E-state index contributed by atoms with van der Waals surface area (Å²) in [5.74, 6) is 0.393. The Morgan fingerprint density at radius 2 is 1.79 bits per heavy atom. The first kappa shape index (κ1) is 11.7. The molecule has 1 aromatic carbocycles. The monoisotopic (exact) mass is 271 g/mol. The first-order chi connectivity index (χ1) is 9.22. The molecule has 0 atom stereocenters. The quantitative estimate of drug-likeness (QED) is 0.749. The minimum atomic E-state index is 0.393. The number of anilines is 3. The Hall–Kier alpha value is -2.40. The van der Waals surface area contributed by atoms with Gasteiger partial charge in [-0.15, -0.1) is 0 Å². The van der Waals surface area contributed by atoms with Crippen molar-refractivity contribution in [2.24, 2.45) is 0 Å². The van der Waals surface area contributed by atoms with Gasteiger partial charge in [0.2, 0.25) is 0 Å².